The summed E-state index contributed by atoms with van der Waals surface area (Å²) in [6, 6.07) is -0.608. The first kappa shape index (κ1) is 72.9. The average Bonchev–Trinajstić information content (AvgIpc) is 1.58. The number of hydrogen-bond acceptors (Lipinski definition) is 29. The number of fused-ring (bicyclic) bond motifs is 7. The van der Waals surface area contributed by atoms with Gasteiger partial charge in [0.1, 0.15) is 46.5 Å². The molecule has 0 radical (unpaired) electrons. The Morgan fingerprint density at radius 1 is 0.469 bits per heavy atom. The highest BCUT2D eigenvalue weighted by molar-refractivity contribution is 7.98. The number of nitrogens with two attached hydrogens (primary N) is 3. The van der Waals surface area contributed by atoms with Gasteiger partial charge in [0.15, 0.2) is 98.2 Å². The van der Waals surface area contributed by atoms with Crippen molar-refractivity contribution in [3.63, 3.8) is 0 Å². The number of hydrogen-bond donors (Lipinski definition) is 6. The molecule has 4 aliphatic carbocycles. The van der Waals surface area contributed by atoms with Crippen molar-refractivity contribution in [2.24, 2.45) is 21.7 Å². The molecule has 3 aliphatic heterocycles. The van der Waals surface area contributed by atoms with Gasteiger partial charge >= 0.3 is 0 Å². The minimum absolute atomic E-state index is 0.0254. The number of ether oxygens (including phenoxy) is 6. The number of nitrogen functional groups attached to an aromatic ring is 3. The summed E-state index contributed by atoms with van der Waals surface area (Å²) in [6.45, 7) is 19.2. The summed E-state index contributed by atoms with van der Waals surface area (Å²) in [5.74, 6) is -1.17. The van der Waals surface area contributed by atoms with Crippen molar-refractivity contribution < 1.29 is 57.4 Å². The van der Waals surface area contributed by atoms with Gasteiger partial charge in [0.2, 0.25) is 10.6 Å². The molecule has 11 heterocycles. The van der Waals surface area contributed by atoms with Crippen molar-refractivity contribution in [1.29, 1.82) is 0 Å². The Bertz CT molecular complexity index is 4250. The predicted octanol–water partition coefficient (Wildman–Crippen LogP) is 9.41. The molecule has 98 heavy (non-hydrogen) atoms. The highest BCUT2D eigenvalue weighted by atomic mass is 35.5. The lowest BCUT2D eigenvalue weighted by molar-refractivity contribution is -0.166. The zero-order chi connectivity index (χ0) is 70.7. The van der Waals surface area contributed by atoms with Crippen LogP contribution < -0.4 is 17.2 Å². The van der Waals surface area contributed by atoms with Gasteiger partial charge in [-0.05, 0) is 103 Å². The molecule has 4 unspecified atom stereocenters. The Hall–Kier alpha value is -4.89. The molecule has 0 bridgehead atoms. The average molecular weight is 1510 g/mol. The van der Waals surface area contributed by atoms with Gasteiger partial charge in [-0.25, -0.2) is 44.9 Å². The van der Waals surface area contributed by atoms with Crippen molar-refractivity contribution in [2.45, 2.75) is 196 Å². The van der Waals surface area contributed by atoms with Crippen LogP contribution in [-0.4, -0.2) is 197 Å². The molecule has 39 heteroatoms. The monoisotopic (exact) mass is 1510 g/mol. The molecule has 0 aromatic carbocycles. The largest absolute Gasteiger partial charge is 0.396 e. The van der Waals surface area contributed by atoms with Crippen LogP contribution in [0.5, 0.6) is 0 Å². The second-order valence-corrected chi connectivity index (χ2v) is 32.7. The summed E-state index contributed by atoms with van der Waals surface area (Å²) < 4.78 is 78.7. The minimum Gasteiger partial charge on any atom is -0.396 e. The molecule has 9 N–H and O–H groups in total. The highest BCUT2D eigenvalue weighted by Crippen LogP contribution is 2.58. The van der Waals surface area contributed by atoms with E-state index in [0.29, 0.717) is 85.7 Å². The number of nitrogens with zero attached hydrogens (tertiary/aromatic N) is 16. The maximum atomic E-state index is 11.4. The number of anilines is 3. The fourth-order valence-electron chi connectivity index (χ4n) is 15.2. The zero-order valence-electron chi connectivity index (χ0n) is 55.6. The SMILES string of the molecule is CC1(C)OC2[C@H](O1)[C@H](n1cnc3c(Cl)nc(Cl)nc31)C[C@]2(C)CP=O.CC1(C)OC2[C@H](O1)[C@H](n1cnc3c(N)nc(Cl)nc31)C[C@]2(C)CP=O.CSc1nc(N)c2ncn([C@@H]3C[C@](C)(CO)C(O)[C@@H]3O)c2n1.CSc1nc(N)c2ncn([C@@H]3C[C@](C)(CP=O)C4OC(C)(C)O[C@@H]43)c2n1. The predicted molar refractivity (Wildman–Crippen MR) is 368 cm³/mol. The summed E-state index contributed by atoms with van der Waals surface area (Å²) in [4.78, 5) is 51.2. The Kier molecular flexibility index (Phi) is 20.1. The molecule has 15 rings (SSSR count). The number of aromatic nitrogens is 16. The van der Waals surface area contributed by atoms with Gasteiger partial charge in [-0.15, -0.1) is 0 Å². The number of halogens is 3. The van der Waals surface area contributed by atoms with E-state index in [9.17, 15) is 29.0 Å². The lowest BCUT2D eigenvalue weighted by atomic mass is 9.87. The van der Waals surface area contributed by atoms with Gasteiger partial charge in [0, 0.05) is 40.1 Å². The van der Waals surface area contributed by atoms with Crippen LogP contribution in [0, 0.1) is 21.7 Å². The number of aliphatic hydroxyl groups is 3. The van der Waals surface area contributed by atoms with Gasteiger partial charge < -0.3 is 79.2 Å². The Morgan fingerprint density at radius 3 is 1.13 bits per heavy atom. The molecule has 528 valence electrons. The zero-order valence-corrected chi connectivity index (χ0v) is 62.2. The molecule has 7 fully saturated rings. The van der Waals surface area contributed by atoms with Crippen LogP contribution in [0.15, 0.2) is 35.6 Å². The lowest BCUT2D eigenvalue weighted by Crippen LogP contribution is -2.36. The number of rotatable bonds is 13. The number of thioether (sulfide) groups is 2. The lowest BCUT2D eigenvalue weighted by Gasteiger charge is -2.29. The van der Waals surface area contributed by atoms with E-state index in [-0.39, 0.29) is 130 Å². The molecule has 8 aromatic heterocycles. The second kappa shape index (κ2) is 27.1. The third kappa shape index (κ3) is 13.3. The van der Waals surface area contributed by atoms with E-state index in [1.165, 1.54) is 23.5 Å². The fourth-order valence-corrected chi connectivity index (χ4v) is 18.3. The normalized spacial score (nSPS) is 33.3. The van der Waals surface area contributed by atoms with Crippen LogP contribution in [0.1, 0.15) is 119 Å². The topological polar surface area (TPSA) is 420 Å². The summed E-state index contributed by atoms with van der Waals surface area (Å²) in [7, 11) is 0.294. The third-order valence-electron chi connectivity index (χ3n) is 19.8. The summed E-state index contributed by atoms with van der Waals surface area (Å²) in [5.41, 5.74) is 20.7. The van der Waals surface area contributed by atoms with Gasteiger partial charge in [0.25, 0.3) is 0 Å². The molecule has 4 saturated carbocycles. The quantitative estimate of drug-likeness (QED) is 0.0271. The molecule has 16 atom stereocenters. The number of imidazole rings is 4. The minimum atomic E-state index is -1.01. The molecule has 8 aromatic rings. The van der Waals surface area contributed by atoms with E-state index in [4.69, 9.17) is 80.4 Å². The first-order valence-corrected chi connectivity index (χ1v) is 37.9. The molecular formula is C59H77Cl3N19O12P3S2. The van der Waals surface area contributed by atoms with Crippen molar-refractivity contribution in [1.82, 2.24) is 78.1 Å². The smallest absolute Gasteiger partial charge is 0.226 e. The van der Waals surface area contributed by atoms with E-state index < -0.39 is 41.0 Å². The third-order valence-corrected chi connectivity index (χ3v) is 24.0. The number of aliphatic hydroxyl groups excluding tert-OH is 3. The van der Waals surface area contributed by atoms with E-state index in [2.05, 4.69) is 80.6 Å². The van der Waals surface area contributed by atoms with E-state index >= 15 is 0 Å². The molecule has 0 spiro atoms. The maximum Gasteiger partial charge on any atom is 0.226 e. The van der Waals surface area contributed by atoms with Crippen LogP contribution >= 0.6 is 83.7 Å². The first-order chi connectivity index (χ1) is 46.2. The molecule has 7 aliphatic rings. The van der Waals surface area contributed by atoms with Crippen molar-refractivity contribution in [3.05, 3.63) is 41.0 Å². The highest BCUT2D eigenvalue weighted by Gasteiger charge is 2.63. The van der Waals surface area contributed by atoms with Crippen molar-refractivity contribution in [2.75, 3.05) is 54.8 Å². The van der Waals surface area contributed by atoms with Gasteiger partial charge in [0.05, 0.1) is 80.5 Å². The summed E-state index contributed by atoms with van der Waals surface area (Å²) >= 11 is 20.9. The second-order valence-electron chi connectivity index (χ2n) is 28.4. The fraction of sp³-hybridized carbons (Fsp3) is 0.661. The van der Waals surface area contributed by atoms with Crippen LogP contribution in [0.25, 0.3) is 44.7 Å². The molecule has 31 nitrogen and oxygen atoms in total. The first-order valence-electron chi connectivity index (χ1n) is 31.4. The Labute approximate surface area is 590 Å². The van der Waals surface area contributed by atoms with Crippen LogP contribution in [-0.2, 0) is 42.1 Å². The van der Waals surface area contributed by atoms with Crippen molar-refractivity contribution >= 4 is 146 Å². The van der Waals surface area contributed by atoms with Gasteiger partial charge in [-0.2, -0.15) is 15.0 Å². The van der Waals surface area contributed by atoms with E-state index in [1.54, 1.807) is 36.8 Å². The van der Waals surface area contributed by atoms with E-state index in [0.717, 1.165) is 19.3 Å². The van der Waals surface area contributed by atoms with Crippen LogP contribution in [0.3, 0.4) is 0 Å². The Morgan fingerprint density at radius 2 is 0.786 bits per heavy atom. The van der Waals surface area contributed by atoms with Crippen LogP contribution in [0.4, 0.5) is 17.5 Å². The summed E-state index contributed by atoms with van der Waals surface area (Å²) in [5, 5.41) is 31.6. The molecular weight excluding hydrogens is 1430 g/mol. The Balaban J connectivity index is 0.000000125. The van der Waals surface area contributed by atoms with Gasteiger partial charge in [-0.3, -0.25) is 13.7 Å². The van der Waals surface area contributed by atoms with Crippen LogP contribution in [0.2, 0.25) is 15.7 Å². The maximum absolute atomic E-state index is 11.4. The van der Waals surface area contributed by atoms with Crippen molar-refractivity contribution in [3.8, 4) is 0 Å². The molecule has 0 amide bonds. The van der Waals surface area contributed by atoms with E-state index in [1.807, 2.05) is 67.8 Å². The molecule has 3 saturated heterocycles. The summed E-state index contributed by atoms with van der Waals surface area (Å²) in [6.07, 6.45) is 11.5. The van der Waals surface area contributed by atoms with Gasteiger partial charge in [-0.1, -0.05) is 62.8 Å². The standard InChI is InChI=1S/C16H22N5O3PS.C15H17Cl2N4O3P.C15H19ClN5O3P.C13H19N5O3S/c1-15(2)23-10-8(5-16(3,6-25-22)11(10)24-15)21-7-18-9-12(17)19-14(26-4)20-13(9)21;1-14(2)23-9-7(4-15(3,5-25-22)10(9)24-14)21-6-18-8-11(16)19-13(17)20-12(8)21;1-14(2)23-9-7(4-15(3,5-25-22)10(9)24-14)21-6-18-8-11(17)19-13(16)20-12(8)21;1-13(4-19)3-6(8(20)9(13)21)18-5-15-7-10(14)16-12(22-2)17-11(7)18/h7-8,10-11H,5-6H2,1-4H3,(H2,17,19,20);6-7,9-10H,4-5H2,1-3H3;6-7,9-10H,4-5H2,1-3H3,(H2,17,19,20);5-6,8-9,19-21H,3-4H2,1-2H3,(H2,14,16,17)/t8-,10-,11?,16-;2*7-,9-,10?,15-;6-,8-,9?,13-/m1111/s1.